The lowest BCUT2D eigenvalue weighted by molar-refractivity contribution is -0.129. The van der Waals surface area contributed by atoms with Crippen LogP contribution in [0.1, 0.15) is 22.4 Å². The van der Waals surface area contributed by atoms with Crippen molar-refractivity contribution in [3.8, 4) is 0 Å². The van der Waals surface area contributed by atoms with Crippen LogP contribution in [-0.2, 0) is 15.2 Å². The Morgan fingerprint density at radius 1 is 0.944 bits per heavy atom. The van der Waals surface area contributed by atoms with Crippen LogP contribution < -0.4 is 5.32 Å². The molecule has 2 N–H and O–H groups in total. The molecule has 0 saturated heterocycles. The van der Waals surface area contributed by atoms with Crippen molar-refractivity contribution in [2.45, 2.75) is 5.54 Å². The van der Waals surface area contributed by atoms with Crippen LogP contribution in [0.4, 0.5) is 5.13 Å². The molecular weight excluding hydrogens is 472 g/mol. The number of anilines is 1. The van der Waals surface area contributed by atoms with Crippen LogP contribution in [0.25, 0.3) is 0 Å². The standard InChI is InChI=1S/C28H28N4O3S/c1-32(2)18-19-35-31-25(26(33)34)24-20-36-27(29-24)30-28(21-12-6-3-7-13-21,22-14-8-4-9-15-22)23-16-10-5-11-17-23/h3-17,20H,18-19H2,1-2H3,(H,29,30)(H,33,34). The lowest BCUT2D eigenvalue weighted by Gasteiger charge is -2.36. The average Bonchev–Trinajstić information content (AvgIpc) is 3.36. The molecular formula is C28H28N4O3S. The van der Waals surface area contributed by atoms with Gasteiger partial charge in [-0.15, -0.1) is 11.3 Å². The molecule has 0 aliphatic carbocycles. The maximum atomic E-state index is 11.9. The van der Waals surface area contributed by atoms with Gasteiger partial charge in [0.05, 0.1) is 0 Å². The molecule has 0 unspecified atom stereocenters. The van der Waals surface area contributed by atoms with Gasteiger partial charge in [-0.2, -0.15) is 0 Å². The van der Waals surface area contributed by atoms with Crippen molar-refractivity contribution in [2.24, 2.45) is 5.16 Å². The zero-order valence-electron chi connectivity index (χ0n) is 20.2. The summed E-state index contributed by atoms with van der Waals surface area (Å²) in [6.45, 7) is 0.895. The van der Waals surface area contributed by atoms with Gasteiger partial charge in [-0.1, -0.05) is 96.2 Å². The van der Waals surface area contributed by atoms with Crippen LogP contribution in [-0.4, -0.2) is 53.9 Å². The summed E-state index contributed by atoms with van der Waals surface area (Å²) in [7, 11) is 3.81. The van der Waals surface area contributed by atoms with Gasteiger partial charge in [-0.25, -0.2) is 9.78 Å². The highest BCUT2D eigenvalue weighted by molar-refractivity contribution is 7.14. The van der Waals surface area contributed by atoms with Crippen molar-refractivity contribution in [3.05, 3.63) is 119 Å². The van der Waals surface area contributed by atoms with E-state index in [0.717, 1.165) is 16.7 Å². The molecule has 0 amide bonds. The first-order chi connectivity index (χ1) is 17.5. The van der Waals surface area contributed by atoms with Crippen LogP contribution in [0.2, 0.25) is 0 Å². The molecule has 4 aromatic rings. The van der Waals surface area contributed by atoms with E-state index < -0.39 is 11.5 Å². The number of carboxylic acids is 1. The Morgan fingerprint density at radius 3 is 1.89 bits per heavy atom. The van der Waals surface area contributed by atoms with Crippen LogP contribution in [0.15, 0.2) is 102 Å². The molecule has 0 fully saturated rings. The highest BCUT2D eigenvalue weighted by Crippen LogP contribution is 2.40. The van der Waals surface area contributed by atoms with E-state index in [2.05, 4.69) is 51.9 Å². The molecule has 36 heavy (non-hydrogen) atoms. The Labute approximate surface area is 214 Å². The third-order valence-corrected chi connectivity index (χ3v) is 6.41. The summed E-state index contributed by atoms with van der Waals surface area (Å²) >= 11 is 1.32. The van der Waals surface area contributed by atoms with E-state index in [-0.39, 0.29) is 18.0 Å². The highest BCUT2D eigenvalue weighted by Gasteiger charge is 2.37. The third kappa shape index (κ3) is 5.62. The first kappa shape index (κ1) is 25.1. The second kappa shape index (κ2) is 11.6. The second-order valence-corrected chi connectivity index (χ2v) is 9.25. The van der Waals surface area contributed by atoms with Crippen LogP contribution in [0.5, 0.6) is 0 Å². The lowest BCUT2D eigenvalue weighted by Crippen LogP contribution is -2.38. The number of aliphatic carboxylic acids is 1. The molecule has 0 aliphatic heterocycles. The molecule has 0 spiro atoms. The van der Waals surface area contributed by atoms with Crippen LogP contribution in [0, 0.1) is 0 Å². The molecule has 0 radical (unpaired) electrons. The third-order valence-electron chi connectivity index (χ3n) is 5.65. The minimum Gasteiger partial charge on any atom is -0.476 e. The van der Waals surface area contributed by atoms with Gasteiger partial charge >= 0.3 is 5.97 Å². The van der Waals surface area contributed by atoms with Crippen molar-refractivity contribution in [2.75, 3.05) is 32.6 Å². The second-order valence-electron chi connectivity index (χ2n) is 8.39. The summed E-state index contributed by atoms with van der Waals surface area (Å²) in [5, 5.41) is 19.5. The zero-order valence-corrected chi connectivity index (χ0v) is 21.0. The minimum atomic E-state index is -1.20. The van der Waals surface area contributed by atoms with Crippen LogP contribution in [0.3, 0.4) is 0 Å². The number of carboxylic acid groups (broad SMARTS) is 1. The smallest absolute Gasteiger partial charge is 0.360 e. The van der Waals surface area contributed by atoms with Crippen molar-refractivity contribution >= 4 is 28.1 Å². The molecule has 184 valence electrons. The molecule has 1 heterocycles. The Hall–Kier alpha value is -4.01. The Balaban J connectivity index is 1.77. The molecule has 4 rings (SSSR count). The topological polar surface area (TPSA) is 87.0 Å². The van der Waals surface area contributed by atoms with E-state index in [1.54, 1.807) is 5.38 Å². The number of benzene rings is 3. The summed E-state index contributed by atoms with van der Waals surface area (Å²) in [6, 6.07) is 30.4. The van der Waals surface area contributed by atoms with Gasteiger partial charge in [-0.05, 0) is 30.8 Å². The number of oxime groups is 1. The molecule has 3 aromatic carbocycles. The van der Waals surface area contributed by atoms with Gasteiger partial charge < -0.3 is 20.2 Å². The summed E-state index contributed by atoms with van der Waals surface area (Å²) in [4.78, 5) is 23.7. The highest BCUT2D eigenvalue weighted by atomic mass is 32.1. The van der Waals surface area contributed by atoms with Gasteiger partial charge in [0.1, 0.15) is 17.8 Å². The normalized spacial score (nSPS) is 11.9. The molecule has 0 atom stereocenters. The minimum absolute atomic E-state index is 0.234. The zero-order chi connectivity index (χ0) is 25.4. The predicted octanol–water partition coefficient (Wildman–Crippen LogP) is 4.91. The number of carbonyl (C=O) groups is 1. The number of rotatable bonds is 11. The summed E-state index contributed by atoms with van der Waals surface area (Å²) in [5.41, 5.74) is 2.32. The van der Waals surface area contributed by atoms with E-state index in [4.69, 9.17) is 4.84 Å². The summed E-state index contributed by atoms with van der Waals surface area (Å²) in [6.07, 6.45) is 0. The van der Waals surface area contributed by atoms with Gasteiger partial charge in [0.2, 0.25) is 5.71 Å². The van der Waals surface area contributed by atoms with Crippen molar-refractivity contribution in [1.29, 1.82) is 0 Å². The average molecular weight is 501 g/mol. The lowest BCUT2D eigenvalue weighted by atomic mass is 9.77. The van der Waals surface area contributed by atoms with E-state index in [0.29, 0.717) is 11.7 Å². The largest absolute Gasteiger partial charge is 0.476 e. The SMILES string of the molecule is CN(C)CCON=C(C(=O)O)c1csc(NC(c2ccccc2)(c2ccccc2)c2ccccc2)n1. The Bertz CT molecular complexity index is 1200. The molecule has 0 bridgehead atoms. The summed E-state index contributed by atoms with van der Waals surface area (Å²) in [5.74, 6) is -1.20. The van der Waals surface area contributed by atoms with Crippen LogP contribution >= 0.6 is 11.3 Å². The fourth-order valence-electron chi connectivity index (χ4n) is 3.91. The molecule has 1 aromatic heterocycles. The molecule has 7 nitrogen and oxygen atoms in total. The molecule has 8 heteroatoms. The number of aromatic nitrogens is 1. The van der Waals surface area contributed by atoms with E-state index in [1.165, 1.54) is 11.3 Å². The van der Waals surface area contributed by atoms with Crippen molar-refractivity contribution < 1.29 is 14.7 Å². The number of hydrogen-bond acceptors (Lipinski definition) is 7. The summed E-state index contributed by atoms with van der Waals surface area (Å²) < 4.78 is 0. The first-order valence-corrected chi connectivity index (χ1v) is 12.4. The number of nitrogens with one attached hydrogen (secondary N) is 1. The monoisotopic (exact) mass is 500 g/mol. The molecule has 0 saturated carbocycles. The maximum absolute atomic E-state index is 11.9. The Morgan fingerprint density at radius 2 is 1.44 bits per heavy atom. The van der Waals surface area contributed by atoms with E-state index in [1.807, 2.05) is 73.6 Å². The van der Waals surface area contributed by atoms with Crippen molar-refractivity contribution in [1.82, 2.24) is 9.88 Å². The van der Waals surface area contributed by atoms with Gasteiger partial charge in [-0.3, -0.25) is 0 Å². The van der Waals surface area contributed by atoms with Gasteiger partial charge in [0.25, 0.3) is 0 Å². The first-order valence-electron chi connectivity index (χ1n) is 11.5. The van der Waals surface area contributed by atoms with Gasteiger partial charge in [0, 0.05) is 11.9 Å². The number of thiazole rings is 1. The van der Waals surface area contributed by atoms with E-state index in [9.17, 15) is 9.90 Å². The number of likely N-dealkylation sites (N-methyl/N-ethyl adjacent to an activating group) is 1. The predicted molar refractivity (Wildman–Crippen MR) is 144 cm³/mol. The number of nitrogens with zero attached hydrogens (tertiary/aromatic N) is 3. The quantitative estimate of drug-likeness (QED) is 0.132. The Kier molecular flexibility index (Phi) is 8.10. The maximum Gasteiger partial charge on any atom is 0.360 e. The van der Waals surface area contributed by atoms with E-state index >= 15 is 0 Å². The van der Waals surface area contributed by atoms with Gasteiger partial charge in [0.15, 0.2) is 5.13 Å². The fraction of sp³-hybridized carbons (Fsp3) is 0.179. The fourth-order valence-corrected chi connectivity index (χ4v) is 4.66. The number of hydrogen-bond donors (Lipinski definition) is 2. The van der Waals surface area contributed by atoms with Crippen molar-refractivity contribution in [3.63, 3.8) is 0 Å². The molecule has 0 aliphatic rings.